The van der Waals surface area contributed by atoms with Crippen molar-refractivity contribution in [3.8, 4) is 5.75 Å². The molecule has 34 heavy (non-hydrogen) atoms. The molecule has 174 valence electrons. The summed E-state index contributed by atoms with van der Waals surface area (Å²) in [6.07, 6.45) is 3.77. The number of ether oxygens (including phenoxy) is 2. The van der Waals surface area contributed by atoms with Crippen LogP contribution < -0.4 is 4.74 Å². The summed E-state index contributed by atoms with van der Waals surface area (Å²) in [5.74, 6) is -0.932. The van der Waals surface area contributed by atoms with Crippen LogP contribution in [0, 0.1) is 0 Å². The van der Waals surface area contributed by atoms with E-state index in [1.807, 2.05) is 30.3 Å². The quantitative estimate of drug-likeness (QED) is 0.225. The van der Waals surface area contributed by atoms with E-state index >= 15 is 0 Å². The SMILES string of the molecule is COCCCN1C(=O)C(=O)/C(=C(/O)c2ccc(OCc3ccccc3)cc2)[C@@H]1c1ccncc1. The molecule has 1 N–H and O–H groups in total. The second-order valence-corrected chi connectivity index (χ2v) is 7.92. The van der Waals surface area contributed by atoms with E-state index in [-0.39, 0.29) is 11.3 Å². The van der Waals surface area contributed by atoms with Crippen molar-refractivity contribution < 1.29 is 24.2 Å². The Morgan fingerprint density at radius 3 is 2.38 bits per heavy atom. The molecule has 1 atom stereocenters. The smallest absolute Gasteiger partial charge is 0.295 e. The van der Waals surface area contributed by atoms with Gasteiger partial charge in [-0.3, -0.25) is 14.6 Å². The maximum Gasteiger partial charge on any atom is 0.295 e. The number of rotatable bonds is 9. The lowest BCUT2D eigenvalue weighted by Crippen LogP contribution is -2.31. The lowest BCUT2D eigenvalue weighted by atomic mass is 9.96. The Morgan fingerprint density at radius 1 is 1.00 bits per heavy atom. The molecule has 1 fully saturated rings. The fourth-order valence-electron chi connectivity index (χ4n) is 3.99. The van der Waals surface area contributed by atoms with Crippen molar-refractivity contribution >= 4 is 17.4 Å². The van der Waals surface area contributed by atoms with Crippen LogP contribution in [-0.4, -0.2) is 46.9 Å². The molecule has 4 rings (SSSR count). The van der Waals surface area contributed by atoms with Crippen LogP contribution in [-0.2, 0) is 20.9 Å². The topological polar surface area (TPSA) is 89.0 Å². The average molecular weight is 459 g/mol. The summed E-state index contributed by atoms with van der Waals surface area (Å²) in [5.41, 5.74) is 2.24. The van der Waals surface area contributed by atoms with Gasteiger partial charge in [-0.1, -0.05) is 30.3 Å². The maximum atomic E-state index is 13.0. The van der Waals surface area contributed by atoms with Crippen molar-refractivity contribution in [1.82, 2.24) is 9.88 Å². The number of aromatic nitrogens is 1. The third-order valence-electron chi connectivity index (χ3n) is 5.69. The number of pyridine rings is 1. The molecule has 0 spiro atoms. The third-order valence-corrected chi connectivity index (χ3v) is 5.69. The number of hydrogen-bond acceptors (Lipinski definition) is 6. The minimum atomic E-state index is -0.707. The van der Waals surface area contributed by atoms with Crippen molar-refractivity contribution in [2.24, 2.45) is 0 Å². The number of benzene rings is 2. The maximum absolute atomic E-state index is 13.0. The van der Waals surface area contributed by atoms with Gasteiger partial charge in [0.2, 0.25) is 0 Å². The van der Waals surface area contributed by atoms with E-state index in [4.69, 9.17) is 9.47 Å². The van der Waals surface area contributed by atoms with Crippen LogP contribution in [0.2, 0.25) is 0 Å². The van der Waals surface area contributed by atoms with Crippen LogP contribution in [0.3, 0.4) is 0 Å². The van der Waals surface area contributed by atoms with E-state index in [9.17, 15) is 14.7 Å². The van der Waals surface area contributed by atoms with Crippen molar-refractivity contribution in [1.29, 1.82) is 0 Å². The minimum absolute atomic E-state index is 0.0616. The van der Waals surface area contributed by atoms with Crippen LogP contribution in [0.1, 0.15) is 29.2 Å². The molecule has 1 saturated heterocycles. The summed E-state index contributed by atoms with van der Waals surface area (Å²) in [4.78, 5) is 31.4. The largest absolute Gasteiger partial charge is 0.507 e. The second-order valence-electron chi connectivity index (χ2n) is 7.92. The number of hydrogen-bond donors (Lipinski definition) is 1. The molecule has 1 aromatic heterocycles. The minimum Gasteiger partial charge on any atom is -0.507 e. The van der Waals surface area contributed by atoms with E-state index < -0.39 is 17.7 Å². The van der Waals surface area contributed by atoms with Gasteiger partial charge in [-0.05, 0) is 53.9 Å². The first kappa shape index (κ1) is 23.2. The Morgan fingerprint density at radius 2 is 1.71 bits per heavy atom. The van der Waals surface area contributed by atoms with Gasteiger partial charge >= 0.3 is 0 Å². The molecule has 1 aliphatic heterocycles. The zero-order chi connectivity index (χ0) is 23.9. The van der Waals surface area contributed by atoms with Crippen LogP contribution in [0.15, 0.2) is 84.7 Å². The van der Waals surface area contributed by atoms with E-state index in [1.165, 1.54) is 4.90 Å². The highest BCUT2D eigenvalue weighted by molar-refractivity contribution is 6.46. The van der Waals surface area contributed by atoms with Gasteiger partial charge in [-0.2, -0.15) is 0 Å². The van der Waals surface area contributed by atoms with Crippen LogP contribution in [0.25, 0.3) is 5.76 Å². The van der Waals surface area contributed by atoms with Gasteiger partial charge in [0, 0.05) is 38.2 Å². The van der Waals surface area contributed by atoms with Crippen molar-refractivity contribution in [3.05, 3.63) is 101 Å². The number of ketones is 1. The molecule has 1 amide bonds. The Kier molecular flexibility index (Phi) is 7.34. The molecule has 0 radical (unpaired) electrons. The van der Waals surface area contributed by atoms with Gasteiger partial charge in [0.25, 0.3) is 11.7 Å². The highest BCUT2D eigenvalue weighted by Gasteiger charge is 2.45. The number of aliphatic hydroxyl groups is 1. The molecular formula is C27H26N2O5. The van der Waals surface area contributed by atoms with Crippen molar-refractivity contribution in [2.75, 3.05) is 20.3 Å². The molecule has 2 heterocycles. The molecule has 7 heteroatoms. The van der Waals surface area contributed by atoms with Crippen LogP contribution >= 0.6 is 0 Å². The average Bonchev–Trinajstić information content (AvgIpc) is 3.14. The molecule has 7 nitrogen and oxygen atoms in total. The predicted octanol–water partition coefficient (Wildman–Crippen LogP) is 4.12. The van der Waals surface area contributed by atoms with E-state index in [2.05, 4.69) is 4.98 Å². The second kappa shape index (κ2) is 10.8. The highest BCUT2D eigenvalue weighted by Crippen LogP contribution is 2.39. The number of Topliss-reactive ketones (excluding diaryl/α,β-unsaturated/α-hetero) is 1. The number of carbonyl (C=O) groups excluding carboxylic acids is 2. The van der Waals surface area contributed by atoms with Crippen LogP contribution in [0.4, 0.5) is 0 Å². The number of nitrogens with zero attached hydrogens (tertiary/aromatic N) is 2. The number of likely N-dealkylation sites (tertiary alicyclic amines) is 1. The Hall–Kier alpha value is -3.97. The summed E-state index contributed by atoms with van der Waals surface area (Å²) < 4.78 is 10.9. The lowest BCUT2D eigenvalue weighted by Gasteiger charge is -2.25. The summed E-state index contributed by atoms with van der Waals surface area (Å²) in [5, 5.41) is 11.1. The summed E-state index contributed by atoms with van der Waals surface area (Å²) in [6.45, 7) is 1.20. The van der Waals surface area contributed by atoms with Gasteiger partial charge in [0.05, 0.1) is 11.6 Å². The first-order chi connectivity index (χ1) is 16.6. The molecule has 0 unspecified atom stereocenters. The Balaban J connectivity index is 1.62. The monoisotopic (exact) mass is 458 g/mol. The Bertz CT molecular complexity index is 1160. The zero-order valence-electron chi connectivity index (χ0n) is 18.9. The first-order valence-electron chi connectivity index (χ1n) is 11.0. The first-order valence-corrected chi connectivity index (χ1v) is 11.0. The summed E-state index contributed by atoms with van der Waals surface area (Å²) in [7, 11) is 1.59. The molecule has 0 bridgehead atoms. The van der Waals surface area contributed by atoms with E-state index in [0.717, 1.165) is 5.56 Å². The van der Waals surface area contributed by atoms with Gasteiger partial charge in [0.15, 0.2) is 0 Å². The predicted molar refractivity (Wildman–Crippen MR) is 127 cm³/mol. The standard InChI is InChI=1S/C27H26N2O5/c1-33-17-5-16-29-24(20-12-14-28-15-13-20)23(26(31)27(29)32)25(30)21-8-10-22(11-9-21)34-18-19-6-3-2-4-7-19/h2-4,6-15,24,30H,5,16-18H2,1H3/b25-23+/t24-/m0/s1. The highest BCUT2D eigenvalue weighted by atomic mass is 16.5. The van der Waals surface area contributed by atoms with Gasteiger partial charge in [-0.15, -0.1) is 0 Å². The van der Waals surface area contributed by atoms with Crippen molar-refractivity contribution in [2.45, 2.75) is 19.1 Å². The normalized spacial score (nSPS) is 17.2. The third kappa shape index (κ3) is 5.00. The molecular weight excluding hydrogens is 432 g/mol. The molecule has 2 aromatic carbocycles. The van der Waals surface area contributed by atoms with Crippen molar-refractivity contribution in [3.63, 3.8) is 0 Å². The fraction of sp³-hybridized carbons (Fsp3) is 0.222. The number of amides is 1. The van der Waals surface area contributed by atoms with E-state index in [0.29, 0.717) is 43.1 Å². The molecule has 1 aliphatic rings. The van der Waals surface area contributed by atoms with Gasteiger partial charge in [-0.25, -0.2) is 0 Å². The molecule has 0 aliphatic carbocycles. The number of carbonyl (C=O) groups is 2. The van der Waals surface area contributed by atoms with Gasteiger partial charge < -0.3 is 19.5 Å². The lowest BCUT2D eigenvalue weighted by molar-refractivity contribution is -0.140. The number of methoxy groups -OCH3 is 1. The molecule has 0 saturated carbocycles. The van der Waals surface area contributed by atoms with E-state index in [1.54, 1.807) is 55.9 Å². The molecule has 3 aromatic rings. The zero-order valence-corrected chi connectivity index (χ0v) is 18.9. The van der Waals surface area contributed by atoms with Crippen LogP contribution in [0.5, 0.6) is 5.75 Å². The summed E-state index contributed by atoms with van der Waals surface area (Å²) in [6, 6.07) is 19.4. The Labute approximate surface area is 198 Å². The summed E-state index contributed by atoms with van der Waals surface area (Å²) >= 11 is 0. The van der Waals surface area contributed by atoms with Gasteiger partial charge in [0.1, 0.15) is 18.1 Å². The number of aliphatic hydroxyl groups excluding tert-OH is 1. The fourth-order valence-corrected chi connectivity index (χ4v) is 3.99.